The minimum Gasteiger partial charge on any atom is -0.264 e. The van der Waals surface area contributed by atoms with Gasteiger partial charge in [-0.05, 0) is 34.7 Å². The number of fused-ring (bicyclic) bond motifs is 2. The number of aromatic nitrogens is 4. The van der Waals surface area contributed by atoms with Crippen LogP contribution in [0.1, 0.15) is 0 Å². The fraction of sp³-hybridized carbons (Fsp3) is 0. The Balaban J connectivity index is 2.03. The number of rotatable bonds is 1. The molecular weight excluding hydrogens is 236 g/mol. The zero-order valence-electron chi connectivity index (χ0n) is 10.0. The molecule has 4 aromatic rings. The Morgan fingerprint density at radius 2 is 1.84 bits per heavy atom. The number of nitrogens with one attached hydrogen (secondary N) is 1. The molecule has 2 aromatic carbocycles. The highest BCUT2D eigenvalue weighted by Crippen LogP contribution is 2.29. The molecule has 0 fully saturated rings. The fourth-order valence-corrected chi connectivity index (χ4v) is 2.38. The molecule has 0 aliphatic heterocycles. The largest absolute Gasteiger partial charge is 0.264 e. The van der Waals surface area contributed by atoms with E-state index >= 15 is 0 Å². The first-order chi connectivity index (χ1) is 9.42. The number of hydrogen-bond acceptors (Lipinski definition) is 3. The van der Waals surface area contributed by atoms with Gasteiger partial charge in [-0.25, -0.2) is 0 Å². The summed E-state index contributed by atoms with van der Waals surface area (Å²) >= 11 is 0. The normalized spacial score (nSPS) is 11.2. The van der Waals surface area contributed by atoms with E-state index in [2.05, 4.69) is 38.6 Å². The van der Waals surface area contributed by atoms with Crippen LogP contribution in [-0.4, -0.2) is 20.4 Å². The van der Waals surface area contributed by atoms with E-state index in [1.165, 1.54) is 10.9 Å². The third kappa shape index (κ3) is 1.57. The van der Waals surface area contributed by atoms with Gasteiger partial charge in [-0.1, -0.05) is 24.3 Å². The summed E-state index contributed by atoms with van der Waals surface area (Å²) in [6.07, 6.45) is 3.70. The van der Waals surface area contributed by atoms with Gasteiger partial charge in [0.2, 0.25) is 0 Å². The second-order valence-corrected chi connectivity index (χ2v) is 4.43. The summed E-state index contributed by atoms with van der Waals surface area (Å²) in [5, 5.41) is 13.2. The Morgan fingerprint density at radius 1 is 0.895 bits per heavy atom. The molecule has 0 amide bonds. The summed E-state index contributed by atoms with van der Waals surface area (Å²) in [5.74, 6) is 0. The number of hydrogen-bond donors (Lipinski definition) is 1. The van der Waals surface area contributed by atoms with Crippen molar-refractivity contribution in [3.63, 3.8) is 0 Å². The van der Waals surface area contributed by atoms with Gasteiger partial charge < -0.3 is 0 Å². The summed E-state index contributed by atoms with van der Waals surface area (Å²) in [6.45, 7) is 0. The zero-order valence-corrected chi connectivity index (χ0v) is 10.0. The topological polar surface area (TPSA) is 54.5 Å². The third-order valence-corrected chi connectivity index (χ3v) is 3.31. The third-order valence-electron chi connectivity index (χ3n) is 3.31. The molecule has 0 aliphatic rings. The number of H-pyrrole nitrogens is 1. The lowest BCUT2D eigenvalue weighted by molar-refractivity contribution is 0.959. The predicted octanol–water partition coefficient (Wildman–Crippen LogP) is 3.17. The second-order valence-electron chi connectivity index (χ2n) is 4.43. The van der Waals surface area contributed by atoms with Crippen LogP contribution in [0, 0.1) is 0 Å². The van der Waals surface area contributed by atoms with Crippen LogP contribution in [0.25, 0.3) is 32.9 Å². The first kappa shape index (κ1) is 10.2. The molecule has 4 nitrogen and oxygen atoms in total. The Kier molecular flexibility index (Phi) is 2.08. The monoisotopic (exact) mass is 246 g/mol. The minimum absolute atomic E-state index is 0.878. The van der Waals surface area contributed by atoms with Gasteiger partial charge in [0.1, 0.15) is 11.0 Å². The standard InChI is InChI=1S/C15H10N4/c1-2-11-9-16-7-6-13(11)12(3-1)10-4-5-14-15(8-10)18-19-17-14/h1-9H,(H,17,18,19). The highest BCUT2D eigenvalue weighted by molar-refractivity contribution is 5.97. The average Bonchev–Trinajstić information content (AvgIpc) is 2.94. The van der Waals surface area contributed by atoms with Crippen LogP contribution in [0.4, 0.5) is 0 Å². The highest BCUT2D eigenvalue weighted by atomic mass is 15.3. The maximum absolute atomic E-state index is 4.16. The molecule has 1 N–H and O–H groups in total. The summed E-state index contributed by atoms with van der Waals surface area (Å²) in [6, 6.07) is 14.4. The molecule has 0 saturated heterocycles. The van der Waals surface area contributed by atoms with Gasteiger partial charge in [0.25, 0.3) is 0 Å². The number of pyridine rings is 1. The van der Waals surface area contributed by atoms with Crippen LogP contribution in [0.5, 0.6) is 0 Å². The maximum atomic E-state index is 4.16. The van der Waals surface area contributed by atoms with Crippen molar-refractivity contribution in [3.8, 4) is 11.1 Å². The lowest BCUT2D eigenvalue weighted by Crippen LogP contribution is -1.82. The van der Waals surface area contributed by atoms with Crippen molar-refractivity contribution in [2.75, 3.05) is 0 Å². The van der Waals surface area contributed by atoms with Gasteiger partial charge in [-0.3, -0.25) is 4.98 Å². The van der Waals surface area contributed by atoms with Crippen LogP contribution < -0.4 is 0 Å². The van der Waals surface area contributed by atoms with E-state index in [1.807, 2.05) is 36.7 Å². The average molecular weight is 246 g/mol. The fourth-order valence-electron chi connectivity index (χ4n) is 2.38. The van der Waals surface area contributed by atoms with E-state index in [0.717, 1.165) is 22.0 Å². The molecule has 0 unspecified atom stereocenters. The highest BCUT2D eigenvalue weighted by Gasteiger charge is 2.05. The van der Waals surface area contributed by atoms with E-state index in [0.29, 0.717) is 0 Å². The van der Waals surface area contributed by atoms with Crippen LogP contribution in [0.3, 0.4) is 0 Å². The van der Waals surface area contributed by atoms with E-state index < -0.39 is 0 Å². The zero-order chi connectivity index (χ0) is 12.7. The van der Waals surface area contributed by atoms with Crippen LogP contribution in [0.2, 0.25) is 0 Å². The predicted molar refractivity (Wildman–Crippen MR) is 74.6 cm³/mol. The van der Waals surface area contributed by atoms with Crippen molar-refractivity contribution in [3.05, 3.63) is 54.9 Å². The van der Waals surface area contributed by atoms with E-state index in [1.54, 1.807) is 0 Å². The molecule has 0 radical (unpaired) electrons. The summed E-state index contributed by atoms with van der Waals surface area (Å²) < 4.78 is 0. The molecule has 2 aromatic heterocycles. The van der Waals surface area contributed by atoms with Crippen LogP contribution in [0.15, 0.2) is 54.9 Å². The SMILES string of the molecule is c1cc(-c2ccc3n[nH]nc3c2)c2ccncc2c1. The number of nitrogens with zero attached hydrogens (tertiary/aromatic N) is 3. The molecule has 90 valence electrons. The van der Waals surface area contributed by atoms with E-state index in [4.69, 9.17) is 0 Å². The van der Waals surface area contributed by atoms with Crippen molar-refractivity contribution in [2.45, 2.75) is 0 Å². The Labute approximate surface area is 109 Å². The molecule has 0 bridgehead atoms. The summed E-state index contributed by atoms with van der Waals surface area (Å²) in [5.41, 5.74) is 4.08. The number of aromatic amines is 1. The molecule has 0 saturated carbocycles. The van der Waals surface area contributed by atoms with Crippen molar-refractivity contribution < 1.29 is 0 Å². The molecule has 4 heteroatoms. The second kappa shape index (κ2) is 3.88. The van der Waals surface area contributed by atoms with Gasteiger partial charge in [-0.2, -0.15) is 15.4 Å². The van der Waals surface area contributed by atoms with Crippen molar-refractivity contribution in [1.82, 2.24) is 20.4 Å². The molecule has 4 rings (SSSR count). The summed E-state index contributed by atoms with van der Waals surface area (Å²) in [4.78, 5) is 4.16. The quantitative estimate of drug-likeness (QED) is 0.561. The van der Waals surface area contributed by atoms with Gasteiger partial charge in [-0.15, -0.1) is 0 Å². The van der Waals surface area contributed by atoms with Crippen molar-refractivity contribution in [2.24, 2.45) is 0 Å². The van der Waals surface area contributed by atoms with Gasteiger partial charge >= 0.3 is 0 Å². The smallest absolute Gasteiger partial charge is 0.113 e. The summed E-state index contributed by atoms with van der Waals surface area (Å²) in [7, 11) is 0. The first-order valence-electron chi connectivity index (χ1n) is 6.05. The maximum Gasteiger partial charge on any atom is 0.113 e. The Morgan fingerprint density at radius 3 is 2.84 bits per heavy atom. The molecule has 19 heavy (non-hydrogen) atoms. The molecule has 0 aliphatic carbocycles. The lowest BCUT2D eigenvalue weighted by atomic mass is 9.99. The van der Waals surface area contributed by atoms with Crippen LogP contribution >= 0.6 is 0 Å². The first-order valence-corrected chi connectivity index (χ1v) is 6.05. The lowest BCUT2D eigenvalue weighted by Gasteiger charge is -2.06. The van der Waals surface area contributed by atoms with Crippen LogP contribution in [-0.2, 0) is 0 Å². The molecule has 2 heterocycles. The van der Waals surface area contributed by atoms with Crippen molar-refractivity contribution >= 4 is 21.8 Å². The Hall–Kier alpha value is -2.75. The van der Waals surface area contributed by atoms with Gasteiger partial charge in [0.05, 0.1) is 0 Å². The number of benzene rings is 2. The van der Waals surface area contributed by atoms with Crippen molar-refractivity contribution in [1.29, 1.82) is 0 Å². The molecule has 0 spiro atoms. The molecular formula is C15H10N4. The van der Waals surface area contributed by atoms with Gasteiger partial charge in [0, 0.05) is 17.8 Å². The Bertz CT molecular complexity index is 874. The van der Waals surface area contributed by atoms with Gasteiger partial charge in [0.15, 0.2) is 0 Å². The molecule has 0 atom stereocenters. The van der Waals surface area contributed by atoms with E-state index in [-0.39, 0.29) is 0 Å². The van der Waals surface area contributed by atoms with E-state index in [9.17, 15) is 0 Å². The minimum atomic E-state index is 0.878.